The lowest BCUT2D eigenvalue weighted by Gasteiger charge is -2.04. The number of rotatable bonds is 3. The Morgan fingerprint density at radius 3 is 2.54 bits per heavy atom. The lowest BCUT2D eigenvalue weighted by molar-refractivity contribution is -0.137. The molecule has 0 spiro atoms. The molecule has 0 radical (unpaired) electrons. The number of H-pyrrole nitrogens is 1. The number of pyridine rings is 1. The second-order valence-electron chi connectivity index (χ2n) is 5.32. The number of hydrogen-bond donors (Lipinski definition) is 1. The first kappa shape index (κ1) is 16.0. The van der Waals surface area contributed by atoms with Crippen LogP contribution in [0.3, 0.4) is 0 Å². The Morgan fingerprint density at radius 1 is 1.21 bits per heavy atom. The minimum absolute atomic E-state index is 0.407. The molecule has 0 aliphatic carbocycles. The van der Waals surface area contributed by atoms with Crippen LogP contribution in [0.15, 0.2) is 42.6 Å². The summed E-state index contributed by atoms with van der Waals surface area (Å²) in [6.45, 7) is 0. The quantitative estimate of drug-likeness (QED) is 0.738. The number of nitrogens with zero attached hydrogens (tertiary/aromatic N) is 1. The number of aromatic amines is 1. The summed E-state index contributed by atoms with van der Waals surface area (Å²) in [5.41, 5.74) is 1.72. The minimum Gasteiger partial charge on any atom is -0.465 e. The molecule has 0 aliphatic heterocycles. The number of ether oxygens (including phenoxy) is 1. The number of fused-ring (bicyclic) bond motifs is 1. The molecule has 2 heterocycles. The zero-order valence-corrected chi connectivity index (χ0v) is 12.6. The van der Waals surface area contributed by atoms with Crippen LogP contribution in [0.2, 0.25) is 0 Å². The van der Waals surface area contributed by atoms with Crippen molar-refractivity contribution in [2.45, 2.75) is 12.6 Å². The van der Waals surface area contributed by atoms with E-state index in [4.69, 9.17) is 0 Å². The number of halogens is 3. The van der Waals surface area contributed by atoms with Gasteiger partial charge in [0.25, 0.3) is 0 Å². The van der Waals surface area contributed by atoms with Gasteiger partial charge >= 0.3 is 12.1 Å². The minimum atomic E-state index is -4.41. The molecule has 0 unspecified atom stereocenters. The van der Waals surface area contributed by atoms with Gasteiger partial charge in [0, 0.05) is 23.7 Å². The second-order valence-corrected chi connectivity index (χ2v) is 5.32. The molecular weight excluding hydrogens is 321 g/mol. The summed E-state index contributed by atoms with van der Waals surface area (Å²) in [6, 6.07) is 9.54. The predicted molar refractivity (Wildman–Crippen MR) is 81.7 cm³/mol. The summed E-state index contributed by atoms with van der Waals surface area (Å²) in [5.74, 6) is -0.420. The van der Waals surface area contributed by atoms with Gasteiger partial charge in [0.1, 0.15) is 5.65 Å². The average Bonchev–Trinajstić information content (AvgIpc) is 2.95. The van der Waals surface area contributed by atoms with Crippen LogP contribution in [0.5, 0.6) is 0 Å². The Bertz CT molecular complexity index is 883. The third-order valence-electron chi connectivity index (χ3n) is 3.62. The van der Waals surface area contributed by atoms with Crippen molar-refractivity contribution in [3.63, 3.8) is 0 Å². The topological polar surface area (TPSA) is 55.0 Å². The Kier molecular flexibility index (Phi) is 4.01. The summed E-state index contributed by atoms with van der Waals surface area (Å²) >= 11 is 0. The van der Waals surface area contributed by atoms with Gasteiger partial charge in [-0.1, -0.05) is 12.1 Å². The van der Waals surface area contributed by atoms with E-state index in [1.807, 2.05) is 0 Å². The van der Waals surface area contributed by atoms with Crippen LogP contribution in [-0.4, -0.2) is 23.0 Å². The lowest BCUT2D eigenvalue weighted by atomic mass is 10.1. The zero-order valence-electron chi connectivity index (χ0n) is 12.6. The number of nitrogens with one attached hydrogen (secondary N) is 1. The maximum atomic E-state index is 12.7. The normalized spacial score (nSPS) is 11.7. The molecule has 0 amide bonds. The van der Waals surface area contributed by atoms with E-state index in [0.717, 1.165) is 23.5 Å². The Labute approximate surface area is 135 Å². The fourth-order valence-electron chi connectivity index (χ4n) is 2.42. The number of aromatic nitrogens is 2. The van der Waals surface area contributed by atoms with E-state index in [-0.39, 0.29) is 0 Å². The Morgan fingerprint density at radius 2 is 1.92 bits per heavy atom. The molecule has 0 fully saturated rings. The van der Waals surface area contributed by atoms with E-state index in [2.05, 4.69) is 14.7 Å². The summed E-state index contributed by atoms with van der Waals surface area (Å²) in [4.78, 5) is 18.2. The predicted octanol–water partition coefficient (Wildman–Crippen LogP) is 3.96. The van der Waals surface area contributed by atoms with Crippen LogP contribution in [-0.2, 0) is 17.3 Å². The van der Waals surface area contributed by atoms with Crippen molar-refractivity contribution in [3.8, 4) is 0 Å². The molecular formula is C17H13F3N2O2. The first-order chi connectivity index (χ1) is 11.4. The van der Waals surface area contributed by atoms with Crippen LogP contribution in [0, 0.1) is 0 Å². The molecule has 2 aromatic heterocycles. The molecule has 7 heteroatoms. The number of hydrogen-bond acceptors (Lipinski definition) is 3. The highest BCUT2D eigenvalue weighted by Gasteiger charge is 2.31. The molecule has 24 heavy (non-hydrogen) atoms. The van der Waals surface area contributed by atoms with Crippen molar-refractivity contribution < 1.29 is 22.7 Å². The van der Waals surface area contributed by atoms with Crippen LogP contribution < -0.4 is 0 Å². The largest absolute Gasteiger partial charge is 0.465 e. The first-order valence-electron chi connectivity index (χ1n) is 7.09. The van der Waals surface area contributed by atoms with E-state index in [1.54, 1.807) is 30.3 Å². The van der Waals surface area contributed by atoms with E-state index in [0.29, 0.717) is 23.0 Å². The summed E-state index contributed by atoms with van der Waals surface area (Å²) in [7, 11) is 1.31. The highest BCUT2D eigenvalue weighted by molar-refractivity contribution is 5.89. The number of benzene rings is 1. The fraction of sp³-hybridized carbons (Fsp3) is 0.176. The van der Waals surface area contributed by atoms with Crippen LogP contribution in [0.25, 0.3) is 11.0 Å². The van der Waals surface area contributed by atoms with Crippen molar-refractivity contribution in [3.05, 3.63) is 65.0 Å². The molecule has 1 aromatic carbocycles. The standard InChI is InChI=1S/C17H13F3N2O2/c1-24-16(23)11-4-2-10(3-5-11)6-14-8-12-7-13(17(18,19)20)9-21-15(12)22-14/h2-5,7-9H,6H2,1H3,(H,21,22). The van der Waals surface area contributed by atoms with E-state index >= 15 is 0 Å². The number of methoxy groups -OCH3 is 1. The monoisotopic (exact) mass is 334 g/mol. The Balaban J connectivity index is 1.84. The first-order valence-corrected chi connectivity index (χ1v) is 7.09. The van der Waals surface area contributed by atoms with E-state index < -0.39 is 17.7 Å². The van der Waals surface area contributed by atoms with Gasteiger partial charge in [-0.25, -0.2) is 9.78 Å². The third-order valence-corrected chi connectivity index (χ3v) is 3.62. The van der Waals surface area contributed by atoms with Gasteiger partial charge in [-0.3, -0.25) is 0 Å². The summed E-state index contributed by atoms with van der Waals surface area (Å²) in [5, 5.41) is 0.408. The number of carbonyl (C=O) groups excluding carboxylic acids is 1. The van der Waals surface area contributed by atoms with Gasteiger partial charge in [0.2, 0.25) is 0 Å². The van der Waals surface area contributed by atoms with Gasteiger partial charge in [0.15, 0.2) is 0 Å². The van der Waals surface area contributed by atoms with Gasteiger partial charge in [0.05, 0.1) is 18.2 Å². The van der Waals surface area contributed by atoms with Crippen molar-refractivity contribution in [1.82, 2.24) is 9.97 Å². The smallest absolute Gasteiger partial charge is 0.417 e. The number of alkyl halides is 3. The molecule has 124 valence electrons. The molecule has 4 nitrogen and oxygen atoms in total. The van der Waals surface area contributed by atoms with E-state index in [1.165, 1.54) is 7.11 Å². The summed E-state index contributed by atoms with van der Waals surface area (Å²) in [6.07, 6.45) is -3.12. The Hall–Kier alpha value is -2.83. The van der Waals surface area contributed by atoms with Crippen molar-refractivity contribution in [2.24, 2.45) is 0 Å². The molecule has 0 bridgehead atoms. The van der Waals surface area contributed by atoms with Crippen molar-refractivity contribution in [2.75, 3.05) is 7.11 Å². The van der Waals surface area contributed by atoms with Crippen molar-refractivity contribution in [1.29, 1.82) is 0 Å². The molecule has 3 aromatic rings. The van der Waals surface area contributed by atoms with Gasteiger partial charge in [-0.15, -0.1) is 0 Å². The average molecular weight is 334 g/mol. The van der Waals surface area contributed by atoms with Gasteiger partial charge in [-0.2, -0.15) is 13.2 Å². The molecule has 3 rings (SSSR count). The van der Waals surface area contributed by atoms with Crippen LogP contribution in [0.4, 0.5) is 13.2 Å². The molecule has 0 atom stereocenters. The highest BCUT2D eigenvalue weighted by Crippen LogP contribution is 2.30. The summed E-state index contributed by atoms with van der Waals surface area (Å²) < 4.78 is 42.8. The zero-order chi connectivity index (χ0) is 17.3. The van der Waals surface area contributed by atoms with E-state index in [9.17, 15) is 18.0 Å². The molecule has 0 saturated heterocycles. The SMILES string of the molecule is COC(=O)c1ccc(Cc2cc3cc(C(F)(F)F)cnc3[nH]2)cc1. The number of esters is 1. The van der Waals surface area contributed by atoms with Gasteiger partial charge < -0.3 is 9.72 Å². The second kappa shape index (κ2) is 5.99. The van der Waals surface area contributed by atoms with Crippen molar-refractivity contribution >= 4 is 17.0 Å². The lowest BCUT2D eigenvalue weighted by Crippen LogP contribution is -2.04. The van der Waals surface area contributed by atoms with Gasteiger partial charge in [-0.05, 0) is 29.8 Å². The molecule has 0 aliphatic rings. The maximum absolute atomic E-state index is 12.7. The molecule has 1 N–H and O–H groups in total. The number of carbonyl (C=O) groups is 1. The highest BCUT2D eigenvalue weighted by atomic mass is 19.4. The maximum Gasteiger partial charge on any atom is 0.417 e. The fourth-order valence-corrected chi connectivity index (χ4v) is 2.42. The van der Waals surface area contributed by atoms with Crippen LogP contribution >= 0.6 is 0 Å². The molecule has 0 saturated carbocycles. The van der Waals surface area contributed by atoms with Crippen LogP contribution in [0.1, 0.15) is 27.2 Å². The third kappa shape index (κ3) is 3.24.